The normalized spacial score (nSPS) is 13.6. The van der Waals surface area contributed by atoms with Crippen molar-refractivity contribution in [3.8, 4) is 0 Å². The number of nitrogens with zero attached hydrogens (tertiary/aromatic N) is 1. The highest BCUT2D eigenvalue weighted by Gasteiger charge is 2.25. The lowest BCUT2D eigenvalue weighted by Crippen LogP contribution is -2.27. The van der Waals surface area contributed by atoms with E-state index in [0.717, 1.165) is 16.2 Å². The fraction of sp³-hybridized carbons (Fsp3) is 0.364. The standard InChI is InChI=1S/C11H13ClN2O2S3/c1-3-8(9-5-4-6-17-9)14-19(15,16)10-7(2)13-11(12)18-10/h4-6,8,14H,3H2,1-2H3. The summed E-state index contributed by atoms with van der Waals surface area (Å²) >= 11 is 8.27. The van der Waals surface area contributed by atoms with Gasteiger partial charge in [0, 0.05) is 4.88 Å². The van der Waals surface area contributed by atoms with Crippen LogP contribution in [0.25, 0.3) is 0 Å². The monoisotopic (exact) mass is 336 g/mol. The maximum atomic E-state index is 12.3. The predicted octanol–water partition coefficient (Wildman–Crippen LogP) is 3.60. The van der Waals surface area contributed by atoms with Crippen LogP contribution in [-0.2, 0) is 10.0 Å². The molecule has 0 bridgehead atoms. The molecule has 2 rings (SSSR count). The largest absolute Gasteiger partial charge is 0.252 e. The molecule has 4 nitrogen and oxygen atoms in total. The smallest absolute Gasteiger partial charge is 0.229 e. The molecule has 0 aliphatic carbocycles. The van der Waals surface area contributed by atoms with Gasteiger partial charge in [0.25, 0.3) is 10.0 Å². The zero-order chi connectivity index (χ0) is 14.0. The van der Waals surface area contributed by atoms with Crippen LogP contribution in [0.3, 0.4) is 0 Å². The van der Waals surface area contributed by atoms with E-state index in [2.05, 4.69) is 9.71 Å². The number of hydrogen-bond donors (Lipinski definition) is 1. The van der Waals surface area contributed by atoms with Crippen molar-refractivity contribution in [3.05, 3.63) is 32.6 Å². The Morgan fingerprint density at radius 3 is 2.74 bits per heavy atom. The Kier molecular flexibility index (Phi) is 4.62. The van der Waals surface area contributed by atoms with Gasteiger partial charge in [-0.05, 0) is 24.8 Å². The Morgan fingerprint density at radius 1 is 1.53 bits per heavy atom. The first kappa shape index (κ1) is 14.9. The molecule has 0 aliphatic rings. The summed E-state index contributed by atoms with van der Waals surface area (Å²) in [6.07, 6.45) is 0.686. The van der Waals surface area contributed by atoms with Crippen molar-refractivity contribution >= 4 is 44.3 Å². The number of rotatable bonds is 5. The van der Waals surface area contributed by atoms with E-state index in [1.165, 1.54) is 11.3 Å². The van der Waals surface area contributed by atoms with E-state index >= 15 is 0 Å². The molecule has 2 aromatic heterocycles. The molecule has 1 atom stereocenters. The summed E-state index contributed by atoms with van der Waals surface area (Å²) in [5, 5.41) is 1.93. The third kappa shape index (κ3) is 3.35. The highest BCUT2D eigenvalue weighted by atomic mass is 35.5. The summed E-state index contributed by atoms with van der Waals surface area (Å²) in [7, 11) is -3.58. The third-order valence-electron chi connectivity index (χ3n) is 2.56. The highest BCUT2D eigenvalue weighted by molar-refractivity contribution is 7.91. The first-order valence-electron chi connectivity index (χ1n) is 5.62. The number of sulfonamides is 1. The number of thiophene rings is 1. The van der Waals surface area contributed by atoms with Crippen LogP contribution in [0.2, 0.25) is 4.47 Å². The lowest BCUT2D eigenvalue weighted by Gasteiger charge is -2.15. The maximum Gasteiger partial charge on any atom is 0.252 e. The van der Waals surface area contributed by atoms with Gasteiger partial charge in [0.05, 0.1) is 11.7 Å². The van der Waals surface area contributed by atoms with E-state index < -0.39 is 10.0 Å². The minimum Gasteiger partial charge on any atom is -0.229 e. The van der Waals surface area contributed by atoms with E-state index in [-0.39, 0.29) is 14.7 Å². The molecule has 104 valence electrons. The van der Waals surface area contributed by atoms with Gasteiger partial charge in [0.2, 0.25) is 0 Å². The quantitative estimate of drug-likeness (QED) is 0.907. The van der Waals surface area contributed by atoms with Crippen LogP contribution in [0.5, 0.6) is 0 Å². The molecule has 0 saturated carbocycles. The SMILES string of the molecule is CCC(NS(=O)(=O)c1sc(Cl)nc1C)c1cccs1. The number of halogens is 1. The van der Waals surface area contributed by atoms with E-state index in [9.17, 15) is 8.42 Å². The second-order valence-corrected chi connectivity index (χ2v) is 8.41. The van der Waals surface area contributed by atoms with Crippen LogP contribution < -0.4 is 4.72 Å². The van der Waals surface area contributed by atoms with Gasteiger partial charge < -0.3 is 0 Å². The second-order valence-electron chi connectivity index (χ2n) is 3.94. The molecule has 1 N–H and O–H groups in total. The highest BCUT2D eigenvalue weighted by Crippen LogP contribution is 2.29. The first-order chi connectivity index (χ1) is 8.94. The van der Waals surface area contributed by atoms with Crippen molar-refractivity contribution in [1.29, 1.82) is 0 Å². The van der Waals surface area contributed by atoms with Gasteiger partial charge in [0.15, 0.2) is 8.68 Å². The van der Waals surface area contributed by atoms with Crippen LogP contribution in [0.1, 0.15) is 30.0 Å². The molecular weight excluding hydrogens is 324 g/mol. The Labute approximate surface area is 125 Å². The molecule has 1 unspecified atom stereocenters. The number of aromatic nitrogens is 1. The van der Waals surface area contributed by atoms with Crippen molar-refractivity contribution in [1.82, 2.24) is 9.71 Å². The molecule has 0 amide bonds. The van der Waals surface area contributed by atoms with Gasteiger partial charge in [-0.25, -0.2) is 18.1 Å². The molecule has 0 aromatic carbocycles. The summed E-state index contributed by atoms with van der Waals surface area (Å²) in [6.45, 7) is 3.59. The van der Waals surface area contributed by atoms with Gasteiger partial charge in [-0.1, -0.05) is 35.9 Å². The Hall–Kier alpha value is -0.470. The molecular formula is C11H13ClN2O2S3. The number of hydrogen-bond acceptors (Lipinski definition) is 5. The summed E-state index contributed by atoms with van der Waals surface area (Å²) in [6, 6.07) is 3.62. The zero-order valence-corrected chi connectivity index (χ0v) is 13.6. The van der Waals surface area contributed by atoms with Crippen molar-refractivity contribution in [3.63, 3.8) is 0 Å². The molecule has 0 fully saturated rings. The molecule has 8 heteroatoms. The molecule has 0 radical (unpaired) electrons. The van der Waals surface area contributed by atoms with Crippen molar-refractivity contribution in [2.75, 3.05) is 0 Å². The average molecular weight is 337 g/mol. The lowest BCUT2D eigenvalue weighted by molar-refractivity contribution is 0.554. The van der Waals surface area contributed by atoms with E-state index in [0.29, 0.717) is 12.1 Å². The Balaban J connectivity index is 2.28. The topological polar surface area (TPSA) is 59.1 Å². The predicted molar refractivity (Wildman–Crippen MR) is 79.5 cm³/mol. The van der Waals surface area contributed by atoms with Crippen molar-refractivity contribution in [2.24, 2.45) is 0 Å². The zero-order valence-electron chi connectivity index (χ0n) is 10.4. The fourth-order valence-electron chi connectivity index (χ4n) is 1.67. The number of nitrogens with one attached hydrogen (secondary N) is 1. The summed E-state index contributed by atoms with van der Waals surface area (Å²) in [4.78, 5) is 4.94. The number of aryl methyl sites for hydroxylation is 1. The third-order valence-corrected chi connectivity index (χ3v) is 6.89. The van der Waals surface area contributed by atoms with Crippen molar-refractivity contribution < 1.29 is 8.42 Å². The van der Waals surface area contributed by atoms with Crippen molar-refractivity contribution in [2.45, 2.75) is 30.5 Å². The molecule has 0 spiro atoms. The summed E-state index contributed by atoms with van der Waals surface area (Å²) < 4.78 is 27.8. The van der Waals surface area contributed by atoms with Crippen LogP contribution in [0.15, 0.2) is 21.7 Å². The minimum atomic E-state index is -3.58. The Bertz CT molecular complexity index is 650. The molecule has 0 saturated heterocycles. The molecule has 0 aliphatic heterocycles. The first-order valence-corrected chi connectivity index (χ1v) is 9.18. The molecule has 2 heterocycles. The summed E-state index contributed by atoms with van der Waals surface area (Å²) in [5.74, 6) is 0. The maximum absolute atomic E-state index is 12.3. The van der Waals surface area contributed by atoms with E-state index in [4.69, 9.17) is 11.6 Å². The van der Waals surface area contributed by atoms with Gasteiger partial charge in [-0.15, -0.1) is 11.3 Å². The van der Waals surface area contributed by atoms with E-state index in [1.54, 1.807) is 6.92 Å². The lowest BCUT2D eigenvalue weighted by atomic mass is 10.2. The van der Waals surface area contributed by atoms with Crippen LogP contribution in [-0.4, -0.2) is 13.4 Å². The van der Waals surface area contributed by atoms with Gasteiger partial charge in [-0.2, -0.15) is 0 Å². The van der Waals surface area contributed by atoms with Gasteiger partial charge in [-0.3, -0.25) is 0 Å². The van der Waals surface area contributed by atoms with Crippen LogP contribution in [0, 0.1) is 6.92 Å². The Morgan fingerprint density at radius 2 is 2.26 bits per heavy atom. The van der Waals surface area contributed by atoms with Crippen LogP contribution >= 0.6 is 34.3 Å². The molecule has 2 aromatic rings. The summed E-state index contributed by atoms with van der Waals surface area (Å²) in [5.41, 5.74) is 0.434. The molecule has 19 heavy (non-hydrogen) atoms. The average Bonchev–Trinajstić information content (AvgIpc) is 2.96. The fourth-order valence-corrected chi connectivity index (χ4v) is 5.66. The van der Waals surface area contributed by atoms with Gasteiger partial charge in [0.1, 0.15) is 0 Å². The number of thiazole rings is 1. The second kappa shape index (κ2) is 5.88. The van der Waals surface area contributed by atoms with E-state index in [1.807, 2.05) is 24.4 Å². The van der Waals surface area contributed by atoms with Crippen LogP contribution in [0.4, 0.5) is 0 Å². The van der Waals surface area contributed by atoms with Gasteiger partial charge >= 0.3 is 0 Å². The minimum absolute atomic E-state index is 0.188.